The Hall–Kier alpha value is -3.11. The molecule has 0 saturated carbocycles. The maximum atomic E-state index is 13.7. The maximum absolute atomic E-state index is 13.7. The monoisotopic (exact) mass is 474 g/mol. The van der Waals surface area contributed by atoms with Gasteiger partial charge in [0.25, 0.3) is 0 Å². The molecule has 11 heteroatoms. The number of hydrogen-bond acceptors (Lipinski definition) is 6. The van der Waals surface area contributed by atoms with Gasteiger partial charge in [0, 0.05) is 18.1 Å². The minimum atomic E-state index is -0.810. The fourth-order valence-electron chi connectivity index (χ4n) is 3.33. The highest BCUT2D eigenvalue weighted by molar-refractivity contribution is 7.99. The Morgan fingerprint density at radius 2 is 1.88 bits per heavy atom. The van der Waals surface area contributed by atoms with Crippen LogP contribution >= 0.6 is 23.4 Å². The van der Waals surface area contributed by atoms with Crippen LogP contribution in [0.25, 0.3) is 5.69 Å². The smallest absolute Gasteiger partial charge is 0.325 e. The van der Waals surface area contributed by atoms with Gasteiger partial charge >= 0.3 is 6.03 Å². The molecular formula is C21H20ClFN6O2S. The first kappa shape index (κ1) is 22.1. The van der Waals surface area contributed by atoms with Gasteiger partial charge in [-0.2, -0.15) is 0 Å². The van der Waals surface area contributed by atoms with Crippen LogP contribution in [0.4, 0.5) is 20.8 Å². The predicted octanol–water partition coefficient (Wildman–Crippen LogP) is 4.10. The number of urea groups is 1. The molecule has 4 rings (SSSR count). The Morgan fingerprint density at radius 3 is 2.62 bits per heavy atom. The number of para-hydroxylation sites is 1. The number of thioether (sulfide) groups is 1. The SMILES string of the molecule is O=C(CSc1nnc(N2CCCC2)n1-c1cccc(Cl)c1)NC(=O)Nc1ccccc1F. The summed E-state index contributed by atoms with van der Waals surface area (Å²) in [5.41, 5.74) is 0.769. The summed E-state index contributed by atoms with van der Waals surface area (Å²) in [5, 5.41) is 14.2. The number of hydrogen-bond donors (Lipinski definition) is 2. The van der Waals surface area contributed by atoms with E-state index in [0.717, 1.165) is 43.4 Å². The number of benzene rings is 2. The fraction of sp³-hybridized carbons (Fsp3) is 0.238. The summed E-state index contributed by atoms with van der Waals surface area (Å²) < 4.78 is 15.5. The van der Waals surface area contributed by atoms with Gasteiger partial charge in [0.15, 0.2) is 5.16 Å². The van der Waals surface area contributed by atoms with Crippen LogP contribution < -0.4 is 15.5 Å². The van der Waals surface area contributed by atoms with Crippen molar-refractivity contribution < 1.29 is 14.0 Å². The Balaban J connectivity index is 1.45. The van der Waals surface area contributed by atoms with Crippen LogP contribution in [-0.2, 0) is 4.79 Å². The molecule has 1 aliphatic heterocycles. The Labute approximate surface area is 193 Å². The molecule has 3 aromatic rings. The van der Waals surface area contributed by atoms with Crippen LogP contribution in [0.2, 0.25) is 5.02 Å². The second kappa shape index (κ2) is 10.0. The summed E-state index contributed by atoms with van der Waals surface area (Å²) in [6, 6.07) is 12.2. The topological polar surface area (TPSA) is 92.2 Å². The van der Waals surface area contributed by atoms with Gasteiger partial charge in [-0.15, -0.1) is 10.2 Å². The standard InChI is InChI=1S/C21H20ClFN6O2S/c22-14-6-5-7-15(12-14)29-20(28-10-3-4-11-28)26-27-21(29)32-13-18(30)25-19(31)24-17-9-2-1-8-16(17)23/h1-2,5-9,12H,3-4,10-11,13H2,(H2,24,25,30,31). The fourth-order valence-corrected chi connectivity index (χ4v) is 4.26. The Morgan fingerprint density at radius 1 is 1.09 bits per heavy atom. The van der Waals surface area contributed by atoms with E-state index >= 15 is 0 Å². The van der Waals surface area contributed by atoms with Crippen LogP contribution in [0.15, 0.2) is 53.7 Å². The third kappa shape index (κ3) is 5.20. The molecule has 1 aliphatic rings. The number of nitrogens with one attached hydrogen (secondary N) is 2. The van der Waals surface area contributed by atoms with E-state index in [-0.39, 0.29) is 11.4 Å². The molecule has 8 nitrogen and oxygen atoms in total. The van der Waals surface area contributed by atoms with Crippen molar-refractivity contribution in [2.24, 2.45) is 0 Å². The van der Waals surface area contributed by atoms with E-state index in [1.165, 1.54) is 18.2 Å². The molecule has 2 N–H and O–H groups in total. The summed E-state index contributed by atoms with van der Waals surface area (Å²) in [7, 11) is 0. The molecule has 166 valence electrons. The number of imide groups is 1. The molecule has 1 aromatic heterocycles. The number of amides is 3. The van der Waals surface area contributed by atoms with Gasteiger partial charge in [-0.3, -0.25) is 14.7 Å². The summed E-state index contributed by atoms with van der Waals surface area (Å²) in [5.74, 6) is -0.533. The van der Waals surface area contributed by atoms with E-state index in [9.17, 15) is 14.0 Å². The first-order chi connectivity index (χ1) is 15.5. The van der Waals surface area contributed by atoms with Gasteiger partial charge in [-0.1, -0.05) is 41.6 Å². The highest BCUT2D eigenvalue weighted by Gasteiger charge is 2.23. The minimum Gasteiger partial charge on any atom is -0.341 e. The highest BCUT2D eigenvalue weighted by Crippen LogP contribution is 2.29. The van der Waals surface area contributed by atoms with Crippen molar-refractivity contribution in [2.45, 2.75) is 18.0 Å². The maximum Gasteiger partial charge on any atom is 0.325 e. The average molecular weight is 475 g/mol. The number of carbonyl (C=O) groups is 2. The molecule has 2 aromatic carbocycles. The first-order valence-corrected chi connectivity index (χ1v) is 11.3. The molecule has 0 spiro atoms. The number of carbonyl (C=O) groups excluding carboxylic acids is 2. The van der Waals surface area contributed by atoms with Crippen LogP contribution in [0.1, 0.15) is 12.8 Å². The third-order valence-corrected chi connectivity index (χ3v) is 5.94. The molecule has 0 aliphatic carbocycles. The second-order valence-electron chi connectivity index (χ2n) is 7.06. The Bertz CT molecular complexity index is 1130. The van der Waals surface area contributed by atoms with Crippen LogP contribution in [-0.4, -0.2) is 45.5 Å². The Kier molecular flexibility index (Phi) is 6.91. The predicted molar refractivity (Wildman–Crippen MR) is 122 cm³/mol. The van der Waals surface area contributed by atoms with Crippen molar-refractivity contribution in [1.82, 2.24) is 20.1 Å². The first-order valence-electron chi connectivity index (χ1n) is 9.96. The van der Waals surface area contributed by atoms with Crippen LogP contribution in [0.5, 0.6) is 0 Å². The van der Waals surface area contributed by atoms with Crippen molar-refractivity contribution in [3.8, 4) is 5.69 Å². The summed E-state index contributed by atoms with van der Waals surface area (Å²) >= 11 is 7.32. The molecule has 0 bridgehead atoms. The number of halogens is 2. The van der Waals surface area contributed by atoms with Crippen LogP contribution in [0.3, 0.4) is 0 Å². The molecular weight excluding hydrogens is 455 g/mol. The van der Waals surface area contributed by atoms with Gasteiger partial charge in [0.05, 0.1) is 17.1 Å². The zero-order valence-electron chi connectivity index (χ0n) is 16.9. The highest BCUT2D eigenvalue weighted by atomic mass is 35.5. The van der Waals surface area contributed by atoms with E-state index < -0.39 is 17.8 Å². The van der Waals surface area contributed by atoms with Gasteiger partial charge in [0.1, 0.15) is 5.82 Å². The lowest BCUT2D eigenvalue weighted by atomic mass is 10.3. The number of rotatable bonds is 6. The van der Waals surface area contributed by atoms with Crippen molar-refractivity contribution in [3.63, 3.8) is 0 Å². The number of anilines is 2. The largest absolute Gasteiger partial charge is 0.341 e. The van der Waals surface area contributed by atoms with Crippen molar-refractivity contribution >= 4 is 46.9 Å². The van der Waals surface area contributed by atoms with E-state index in [4.69, 9.17) is 11.6 Å². The van der Waals surface area contributed by atoms with E-state index in [0.29, 0.717) is 16.1 Å². The van der Waals surface area contributed by atoms with E-state index in [1.807, 2.05) is 16.7 Å². The second-order valence-corrected chi connectivity index (χ2v) is 8.44. The molecule has 2 heterocycles. The van der Waals surface area contributed by atoms with Gasteiger partial charge in [-0.25, -0.2) is 9.18 Å². The number of aromatic nitrogens is 3. The van der Waals surface area contributed by atoms with E-state index in [1.54, 1.807) is 18.2 Å². The van der Waals surface area contributed by atoms with Gasteiger partial charge in [0.2, 0.25) is 11.9 Å². The molecule has 1 saturated heterocycles. The zero-order valence-corrected chi connectivity index (χ0v) is 18.5. The van der Waals surface area contributed by atoms with E-state index in [2.05, 4.69) is 25.7 Å². The third-order valence-electron chi connectivity index (χ3n) is 4.78. The molecule has 0 atom stereocenters. The molecule has 32 heavy (non-hydrogen) atoms. The van der Waals surface area contributed by atoms with Crippen LogP contribution in [0, 0.1) is 5.82 Å². The van der Waals surface area contributed by atoms with Crippen molar-refractivity contribution in [1.29, 1.82) is 0 Å². The van der Waals surface area contributed by atoms with Crippen molar-refractivity contribution in [3.05, 3.63) is 59.4 Å². The summed E-state index contributed by atoms with van der Waals surface area (Å²) in [6.45, 7) is 1.75. The van der Waals surface area contributed by atoms with Gasteiger partial charge < -0.3 is 10.2 Å². The lowest BCUT2D eigenvalue weighted by Gasteiger charge is -2.18. The number of nitrogens with zero attached hydrogens (tertiary/aromatic N) is 4. The van der Waals surface area contributed by atoms with Crippen molar-refractivity contribution in [2.75, 3.05) is 29.1 Å². The minimum absolute atomic E-state index is 0.0126. The molecule has 3 amide bonds. The summed E-state index contributed by atoms with van der Waals surface area (Å²) in [6.07, 6.45) is 2.15. The molecule has 0 radical (unpaired) electrons. The quantitative estimate of drug-likeness (QED) is 0.522. The average Bonchev–Trinajstić information content (AvgIpc) is 3.43. The normalized spacial score (nSPS) is 13.2. The lowest BCUT2D eigenvalue weighted by Crippen LogP contribution is -2.35. The summed E-state index contributed by atoms with van der Waals surface area (Å²) in [4.78, 5) is 26.4. The molecule has 0 unspecified atom stereocenters. The molecule has 1 fully saturated rings. The van der Waals surface area contributed by atoms with Gasteiger partial charge in [-0.05, 0) is 43.2 Å². The lowest BCUT2D eigenvalue weighted by molar-refractivity contribution is -0.117. The zero-order chi connectivity index (χ0) is 22.5.